The SMILES string of the molecule is NC1COC(c2ccccc2OCCCCCCO)CN1. The standard InChI is InChI=1S/C16H26N2O3/c17-16-12-21-15(11-18-16)13-7-3-4-8-14(13)20-10-6-2-1-5-9-19/h3-4,7-8,15-16,18-19H,1-2,5-6,9-12,17H2. The highest BCUT2D eigenvalue weighted by molar-refractivity contribution is 5.35. The van der Waals surface area contributed by atoms with Crippen LogP contribution in [0.4, 0.5) is 0 Å². The van der Waals surface area contributed by atoms with Gasteiger partial charge < -0.3 is 20.3 Å². The van der Waals surface area contributed by atoms with Gasteiger partial charge in [0.05, 0.1) is 25.5 Å². The molecule has 21 heavy (non-hydrogen) atoms. The lowest BCUT2D eigenvalue weighted by Crippen LogP contribution is -2.48. The van der Waals surface area contributed by atoms with Gasteiger partial charge in [0.2, 0.25) is 0 Å². The van der Waals surface area contributed by atoms with E-state index in [4.69, 9.17) is 20.3 Å². The maximum absolute atomic E-state index is 8.74. The number of nitrogens with two attached hydrogens (primary N) is 1. The minimum Gasteiger partial charge on any atom is -0.493 e. The summed E-state index contributed by atoms with van der Waals surface area (Å²) in [5, 5.41) is 12.0. The van der Waals surface area contributed by atoms with Crippen molar-refractivity contribution in [2.24, 2.45) is 5.73 Å². The minimum atomic E-state index is -0.0825. The Morgan fingerprint density at radius 3 is 2.81 bits per heavy atom. The highest BCUT2D eigenvalue weighted by Crippen LogP contribution is 2.28. The van der Waals surface area contributed by atoms with Crippen LogP contribution in [0, 0.1) is 0 Å². The van der Waals surface area contributed by atoms with Crippen LogP contribution in [0.5, 0.6) is 5.75 Å². The number of nitrogens with one attached hydrogen (secondary N) is 1. The first-order valence-electron chi connectivity index (χ1n) is 7.74. The fourth-order valence-electron chi connectivity index (χ4n) is 2.42. The summed E-state index contributed by atoms with van der Waals surface area (Å²) in [5.74, 6) is 0.891. The van der Waals surface area contributed by atoms with Crippen LogP contribution in [-0.2, 0) is 4.74 Å². The van der Waals surface area contributed by atoms with E-state index in [1.807, 2.05) is 24.3 Å². The van der Waals surface area contributed by atoms with Crippen molar-refractivity contribution in [3.8, 4) is 5.75 Å². The van der Waals surface area contributed by atoms with E-state index in [0.717, 1.165) is 37.0 Å². The Labute approximate surface area is 126 Å². The number of hydrogen-bond acceptors (Lipinski definition) is 5. The highest BCUT2D eigenvalue weighted by atomic mass is 16.5. The van der Waals surface area contributed by atoms with Crippen molar-refractivity contribution in [1.29, 1.82) is 0 Å². The maximum Gasteiger partial charge on any atom is 0.125 e. The van der Waals surface area contributed by atoms with E-state index < -0.39 is 0 Å². The van der Waals surface area contributed by atoms with Crippen LogP contribution in [0.15, 0.2) is 24.3 Å². The van der Waals surface area contributed by atoms with Crippen molar-refractivity contribution in [2.45, 2.75) is 38.0 Å². The zero-order valence-corrected chi connectivity index (χ0v) is 12.5. The molecule has 1 aliphatic rings. The Kier molecular flexibility index (Phi) is 6.95. The average molecular weight is 294 g/mol. The van der Waals surface area contributed by atoms with Crippen LogP contribution in [0.1, 0.15) is 37.4 Å². The summed E-state index contributed by atoms with van der Waals surface area (Å²) in [6.07, 6.45) is 3.92. The molecule has 1 aromatic rings. The van der Waals surface area contributed by atoms with E-state index in [-0.39, 0.29) is 18.9 Å². The van der Waals surface area contributed by atoms with E-state index in [2.05, 4.69) is 5.32 Å². The molecular formula is C16H26N2O3. The minimum absolute atomic E-state index is 0.00427. The summed E-state index contributed by atoms with van der Waals surface area (Å²) in [5.41, 5.74) is 6.84. The number of unbranched alkanes of at least 4 members (excludes halogenated alkanes) is 3. The lowest BCUT2D eigenvalue weighted by atomic mass is 10.1. The summed E-state index contributed by atoms with van der Waals surface area (Å²) in [7, 11) is 0. The van der Waals surface area contributed by atoms with Gasteiger partial charge in [-0.3, -0.25) is 5.32 Å². The average Bonchev–Trinajstić information content (AvgIpc) is 2.52. The topological polar surface area (TPSA) is 76.7 Å². The second kappa shape index (κ2) is 9.00. The van der Waals surface area contributed by atoms with E-state index in [1.54, 1.807) is 0 Å². The van der Waals surface area contributed by atoms with E-state index in [1.165, 1.54) is 0 Å². The molecule has 0 spiro atoms. The van der Waals surface area contributed by atoms with Gasteiger partial charge in [-0.2, -0.15) is 0 Å². The first kappa shape index (κ1) is 16.2. The van der Waals surface area contributed by atoms with Gasteiger partial charge in [0.1, 0.15) is 5.75 Å². The molecule has 0 aliphatic carbocycles. The smallest absolute Gasteiger partial charge is 0.125 e. The van der Waals surface area contributed by atoms with Crippen LogP contribution in [0.2, 0.25) is 0 Å². The fraction of sp³-hybridized carbons (Fsp3) is 0.625. The van der Waals surface area contributed by atoms with Crippen LogP contribution in [0.3, 0.4) is 0 Å². The number of aliphatic hydroxyl groups excluding tert-OH is 1. The predicted molar refractivity (Wildman–Crippen MR) is 82.2 cm³/mol. The fourth-order valence-corrected chi connectivity index (χ4v) is 2.42. The molecule has 0 amide bonds. The molecular weight excluding hydrogens is 268 g/mol. The van der Waals surface area contributed by atoms with Gasteiger partial charge in [-0.15, -0.1) is 0 Å². The zero-order chi connectivity index (χ0) is 14.9. The number of benzene rings is 1. The first-order chi connectivity index (χ1) is 10.3. The molecule has 1 heterocycles. The number of rotatable bonds is 8. The number of morpholine rings is 1. The Balaban J connectivity index is 1.82. The summed E-state index contributed by atoms with van der Waals surface area (Å²) in [4.78, 5) is 0. The second-order valence-corrected chi connectivity index (χ2v) is 5.36. The van der Waals surface area contributed by atoms with Crippen LogP contribution < -0.4 is 15.8 Å². The lowest BCUT2D eigenvalue weighted by molar-refractivity contribution is 0.00283. The predicted octanol–water partition coefficient (Wildman–Crippen LogP) is 1.56. The molecule has 2 unspecified atom stereocenters. The lowest BCUT2D eigenvalue weighted by Gasteiger charge is -2.29. The summed E-state index contributed by atoms with van der Waals surface area (Å²) in [6.45, 7) is 2.19. The third kappa shape index (κ3) is 5.28. The van der Waals surface area contributed by atoms with Crippen molar-refractivity contribution in [2.75, 3.05) is 26.4 Å². The van der Waals surface area contributed by atoms with Crippen molar-refractivity contribution < 1.29 is 14.6 Å². The number of hydrogen-bond donors (Lipinski definition) is 3. The molecule has 0 aromatic heterocycles. The molecule has 5 heteroatoms. The van der Waals surface area contributed by atoms with Crippen LogP contribution in [-0.4, -0.2) is 37.6 Å². The zero-order valence-electron chi connectivity index (χ0n) is 12.5. The third-order valence-corrected chi connectivity index (χ3v) is 3.62. The number of ether oxygens (including phenoxy) is 2. The highest BCUT2D eigenvalue weighted by Gasteiger charge is 2.22. The number of aliphatic hydroxyl groups is 1. The molecule has 1 aromatic carbocycles. The normalized spacial score (nSPS) is 22.2. The van der Waals surface area contributed by atoms with Gasteiger partial charge in [0.25, 0.3) is 0 Å². The van der Waals surface area contributed by atoms with Gasteiger partial charge in [-0.05, 0) is 25.3 Å². The largest absolute Gasteiger partial charge is 0.493 e. The summed E-state index contributed by atoms with van der Waals surface area (Å²) in [6, 6.07) is 8.01. The van der Waals surface area contributed by atoms with Crippen molar-refractivity contribution >= 4 is 0 Å². The molecule has 0 bridgehead atoms. The Hall–Kier alpha value is -1.14. The quantitative estimate of drug-likeness (QED) is 0.634. The van der Waals surface area contributed by atoms with Gasteiger partial charge in [-0.25, -0.2) is 0 Å². The van der Waals surface area contributed by atoms with Crippen molar-refractivity contribution in [3.05, 3.63) is 29.8 Å². The summed E-state index contributed by atoms with van der Waals surface area (Å²) >= 11 is 0. The molecule has 0 radical (unpaired) electrons. The van der Waals surface area contributed by atoms with Gasteiger partial charge in [-0.1, -0.05) is 24.6 Å². The van der Waals surface area contributed by atoms with Gasteiger partial charge in [0.15, 0.2) is 0 Å². The monoisotopic (exact) mass is 294 g/mol. The van der Waals surface area contributed by atoms with Crippen LogP contribution >= 0.6 is 0 Å². The van der Waals surface area contributed by atoms with Crippen LogP contribution in [0.25, 0.3) is 0 Å². The van der Waals surface area contributed by atoms with E-state index in [0.29, 0.717) is 19.8 Å². The van der Waals surface area contributed by atoms with E-state index >= 15 is 0 Å². The third-order valence-electron chi connectivity index (χ3n) is 3.62. The number of para-hydroxylation sites is 1. The summed E-state index contributed by atoms with van der Waals surface area (Å²) < 4.78 is 11.7. The molecule has 2 rings (SSSR count). The molecule has 4 N–H and O–H groups in total. The molecule has 118 valence electrons. The van der Waals surface area contributed by atoms with Gasteiger partial charge >= 0.3 is 0 Å². The molecule has 5 nitrogen and oxygen atoms in total. The Bertz CT molecular complexity index is 406. The maximum atomic E-state index is 8.74. The van der Waals surface area contributed by atoms with Crippen molar-refractivity contribution in [3.63, 3.8) is 0 Å². The molecule has 1 aliphatic heterocycles. The molecule has 2 atom stereocenters. The first-order valence-corrected chi connectivity index (χ1v) is 7.74. The Morgan fingerprint density at radius 2 is 2.05 bits per heavy atom. The molecule has 1 saturated heterocycles. The molecule has 1 fully saturated rings. The second-order valence-electron chi connectivity index (χ2n) is 5.36. The molecule has 0 saturated carbocycles. The van der Waals surface area contributed by atoms with Gasteiger partial charge in [0, 0.05) is 18.7 Å². The van der Waals surface area contributed by atoms with Crippen molar-refractivity contribution in [1.82, 2.24) is 5.32 Å². The van der Waals surface area contributed by atoms with E-state index in [9.17, 15) is 0 Å². The Morgan fingerprint density at radius 1 is 1.24 bits per heavy atom.